The molecule has 0 radical (unpaired) electrons. The van der Waals surface area contributed by atoms with Crippen LogP contribution in [-0.4, -0.2) is 23.9 Å². The minimum atomic E-state index is -0.814. The van der Waals surface area contributed by atoms with Crippen molar-refractivity contribution in [3.8, 4) is 34.1 Å². The Bertz CT molecular complexity index is 1880. The summed E-state index contributed by atoms with van der Waals surface area (Å²) in [6.07, 6.45) is 0. The number of hydrogen-bond donors (Lipinski definition) is 0. The molecule has 3 aromatic rings. The molecule has 0 spiro atoms. The van der Waals surface area contributed by atoms with Crippen LogP contribution in [0.1, 0.15) is 52.7 Å². The number of hydrogen-bond acceptors (Lipinski definition) is 8. The van der Waals surface area contributed by atoms with Gasteiger partial charge in [0.2, 0.25) is 0 Å². The third-order valence-corrected chi connectivity index (χ3v) is 6.79. The molecule has 3 rings (SSSR count). The average molecular weight is 639 g/mol. The second-order valence-corrected chi connectivity index (χ2v) is 10.9. The number of rotatable bonds is 11. The van der Waals surface area contributed by atoms with E-state index in [1.165, 1.54) is 45.0 Å². The second-order valence-electron chi connectivity index (χ2n) is 10.9. The summed E-state index contributed by atoms with van der Waals surface area (Å²) in [7, 11) is 0. The summed E-state index contributed by atoms with van der Waals surface area (Å²) in [5.74, 6) is -3.37. The fraction of sp³-hybridized carbons (Fsp3) is 0.158. The van der Waals surface area contributed by atoms with Gasteiger partial charge in [0.1, 0.15) is 28.8 Å². The van der Waals surface area contributed by atoms with Gasteiger partial charge in [0.25, 0.3) is 0 Å². The van der Waals surface area contributed by atoms with E-state index >= 15 is 4.39 Å². The summed E-state index contributed by atoms with van der Waals surface area (Å²) in [4.78, 5) is 49.4. The number of halogens is 1. The van der Waals surface area contributed by atoms with Gasteiger partial charge in [-0.2, -0.15) is 0 Å². The molecule has 0 fully saturated rings. The molecule has 3 aromatic carbocycles. The van der Waals surface area contributed by atoms with Gasteiger partial charge in [0.15, 0.2) is 0 Å². The Hall–Kier alpha value is -5.83. The first-order chi connectivity index (χ1) is 22.0. The van der Waals surface area contributed by atoms with Crippen molar-refractivity contribution in [3.05, 3.63) is 120 Å². The molecule has 0 atom stereocenters. The molecule has 0 unspecified atom stereocenters. The van der Waals surface area contributed by atoms with Crippen molar-refractivity contribution in [2.75, 3.05) is 0 Å². The Morgan fingerprint density at radius 3 is 1.45 bits per heavy atom. The number of allylic oxidation sites excluding steroid dienone is 2. The van der Waals surface area contributed by atoms with Crippen LogP contribution in [0.3, 0.4) is 0 Å². The maximum atomic E-state index is 15.6. The van der Waals surface area contributed by atoms with Gasteiger partial charge in [0, 0.05) is 45.0 Å². The lowest BCUT2D eigenvalue weighted by Gasteiger charge is -2.19. The van der Waals surface area contributed by atoms with Gasteiger partial charge in [-0.25, -0.2) is 23.6 Å². The number of carbonyl (C=O) groups excluding carboxylic acids is 4. The molecule has 0 amide bonds. The SMILES string of the molecule is C=C(C)C(=O)Oc1ccc(/C(C)=C(\C)c2cc(OC(=O)C(=C)C)c(-c3ccc(OC(=O)C(=C)C)cc3F)cc2OC(=O)C(=C)C)cc1. The zero-order valence-electron chi connectivity index (χ0n) is 27.2. The Kier molecular flexibility index (Phi) is 11.4. The van der Waals surface area contributed by atoms with Crippen LogP contribution in [-0.2, 0) is 19.2 Å². The predicted octanol–water partition coefficient (Wildman–Crippen LogP) is 8.37. The monoisotopic (exact) mass is 638 g/mol. The molecule has 242 valence electrons. The molecule has 0 saturated heterocycles. The van der Waals surface area contributed by atoms with Crippen molar-refractivity contribution in [1.82, 2.24) is 0 Å². The molecule has 0 aromatic heterocycles. The highest BCUT2D eigenvalue weighted by molar-refractivity contribution is 5.97. The van der Waals surface area contributed by atoms with E-state index in [0.29, 0.717) is 16.9 Å². The van der Waals surface area contributed by atoms with E-state index in [1.807, 2.05) is 6.92 Å². The van der Waals surface area contributed by atoms with Crippen LogP contribution in [0.15, 0.2) is 103 Å². The number of carbonyl (C=O) groups is 4. The van der Waals surface area contributed by atoms with Crippen molar-refractivity contribution in [3.63, 3.8) is 0 Å². The Balaban J connectivity index is 2.24. The quantitative estimate of drug-likeness (QED) is 0.0893. The Morgan fingerprint density at radius 1 is 0.511 bits per heavy atom. The third-order valence-electron chi connectivity index (χ3n) is 6.79. The first-order valence-electron chi connectivity index (χ1n) is 14.3. The third kappa shape index (κ3) is 8.88. The van der Waals surface area contributed by atoms with E-state index in [0.717, 1.165) is 17.2 Å². The summed E-state index contributed by atoms with van der Waals surface area (Å²) >= 11 is 0. The van der Waals surface area contributed by atoms with E-state index in [-0.39, 0.29) is 50.7 Å². The van der Waals surface area contributed by atoms with Gasteiger partial charge in [0.05, 0.1) is 0 Å². The lowest BCUT2D eigenvalue weighted by molar-refractivity contribution is -0.131. The Morgan fingerprint density at radius 2 is 0.957 bits per heavy atom. The molecule has 8 nitrogen and oxygen atoms in total. The molecule has 47 heavy (non-hydrogen) atoms. The summed E-state index contributed by atoms with van der Waals surface area (Å²) in [5, 5.41) is 0. The zero-order valence-corrected chi connectivity index (χ0v) is 27.2. The van der Waals surface area contributed by atoms with E-state index in [4.69, 9.17) is 18.9 Å². The molecule has 0 heterocycles. The van der Waals surface area contributed by atoms with Crippen molar-refractivity contribution in [1.29, 1.82) is 0 Å². The second kappa shape index (κ2) is 15.0. The number of benzene rings is 3. The summed E-state index contributed by atoms with van der Waals surface area (Å²) in [6, 6.07) is 13.3. The molecule has 0 aliphatic carbocycles. The topological polar surface area (TPSA) is 105 Å². The summed E-state index contributed by atoms with van der Waals surface area (Å²) < 4.78 is 37.4. The normalized spacial score (nSPS) is 11.0. The lowest BCUT2D eigenvalue weighted by Crippen LogP contribution is -2.12. The fourth-order valence-electron chi connectivity index (χ4n) is 3.96. The first-order valence-corrected chi connectivity index (χ1v) is 14.3. The fourth-order valence-corrected chi connectivity index (χ4v) is 3.96. The van der Waals surface area contributed by atoms with Crippen LogP contribution in [0, 0.1) is 5.82 Å². The van der Waals surface area contributed by atoms with Gasteiger partial charge < -0.3 is 18.9 Å². The molecular formula is C38H35FO8. The van der Waals surface area contributed by atoms with Crippen LogP contribution in [0.4, 0.5) is 4.39 Å². The van der Waals surface area contributed by atoms with Crippen molar-refractivity contribution in [2.24, 2.45) is 0 Å². The lowest BCUT2D eigenvalue weighted by atomic mass is 9.93. The summed E-state index contributed by atoms with van der Waals surface area (Å²) in [5.41, 5.74) is 3.06. The minimum Gasteiger partial charge on any atom is -0.423 e. The van der Waals surface area contributed by atoms with Gasteiger partial charge in [-0.1, -0.05) is 38.4 Å². The predicted molar refractivity (Wildman–Crippen MR) is 178 cm³/mol. The highest BCUT2D eigenvalue weighted by atomic mass is 19.1. The van der Waals surface area contributed by atoms with Gasteiger partial charge in [-0.15, -0.1) is 0 Å². The largest absolute Gasteiger partial charge is 0.423 e. The average Bonchev–Trinajstić information content (AvgIpc) is 3.01. The van der Waals surface area contributed by atoms with E-state index in [2.05, 4.69) is 26.3 Å². The zero-order chi connectivity index (χ0) is 35.2. The van der Waals surface area contributed by atoms with Gasteiger partial charge in [-0.05, 0) is 94.7 Å². The first kappa shape index (κ1) is 35.6. The molecule has 9 heteroatoms. The van der Waals surface area contributed by atoms with Crippen LogP contribution < -0.4 is 18.9 Å². The van der Waals surface area contributed by atoms with Crippen molar-refractivity contribution >= 4 is 35.0 Å². The standard InChI is InChI=1S/C38H35FO8/c1-20(2)35(40)44-27-13-11-26(12-14-27)24(9)25(10)30-18-34(47-38(43)23(7)8)31(19-33(30)46-37(42)22(5)6)29-16-15-28(17-32(29)39)45-36(41)21(3)4/h11-19H,1,3,5,7H2,2,4,6,8-10H3/b25-24+. The van der Waals surface area contributed by atoms with E-state index < -0.39 is 29.7 Å². The Labute approximate surface area is 273 Å². The van der Waals surface area contributed by atoms with Crippen LogP contribution in [0.5, 0.6) is 23.0 Å². The molecule has 0 aliphatic rings. The summed E-state index contributed by atoms with van der Waals surface area (Å²) in [6.45, 7) is 23.9. The molecule has 0 saturated carbocycles. The highest BCUT2D eigenvalue weighted by Gasteiger charge is 2.23. The number of ether oxygens (including phenoxy) is 4. The molecule has 0 bridgehead atoms. The molecule has 0 N–H and O–H groups in total. The van der Waals surface area contributed by atoms with Crippen LogP contribution in [0.2, 0.25) is 0 Å². The van der Waals surface area contributed by atoms with Crippen LogP contribution >= 0.6 is 0 Å². The maximum Gasteiger partial charge on any atom is 0.338 e. The van der Waals surface area contributed by atoms with Crippen molar-refractivity contribution in [2.45, 2.75) is 41.5 Å². The maximum absolute atomic E-state index is 15.6. The van der Waals surface area contributed by atoms with E-state index in [1.54, 1.807) is 38.1 Å². The smallest absolute Gasteiger partial charge is 0.338 e. The minimum absolute atomic E-state index is 0.0316. The van der Waals surface area contributed by atoms with Crippen LogP contribution in [0.25, 0.3) is 22.3 Å². The van der Waals surface area contributed by atoms with Gasteiger partial charge >= 0.3 is 23.9 Å². The van der Waals surface area contributed by atoms with E-state index in [9.17, 15) is 19.2 Å². The van der Waals surface area contributed by atoms with Gasteiger partial charge in [-0.3, -0.25) is 0 Å². The molecule has 0 aliphatic heterocycles. The van der Waals surface area contributed by atoms with Crippen molar-refractivity contribution < 1.29 is 42.5 Å². The number of esters is 4. The molecular weight excluding hydrogens is 603 g/mol. The highest BCUT2D eigenvalue weighted by Crippen LogP contribution is 2.43.